The van der Waals surface area contributed by atoms with Gasteiger partial charge in [-0.05, 0) is 56.8 Å². The summed E-state index contributed by atoms with van der Waals surface area (Å²) in [6.07, 6.45) is 2.62. The van der Waals surface area contributed by atoms with Crippen LogP contribution in [0.2, 0.25) is 0 Å². The van der Waals surface area contributed by atoms with E-state index in [1.807, 2.05) is 12.1 Å². The van der Waals surface area contributed by atoms with E-state index >= 15 is 0 Å². The summed E-state index contributed by atoms with van der Waals surface area (Å²) in [5.74, 6) is 0.864. The molecule has 0 radical (unpaired) electrons. The molecule has 0 bridgehead atoms. The van der Waals surface area contributed by atoms with Crippen LogP contribution in [0.1, 0.15) is 39.7 Å². The zero-order chi connectivity index (χ0) is 15.4. The number of nitrogens with one attached hydrogen (secondary N) is 1. The largest absolute Gasteiger partial charge is 0.375 e. The molecule has 0 amide bonds. The molecule has 1 heterocycles. The molecule has 5 unspecified atom stereocenters. The Morgan fingerprint density at radius 2 is 1.81 bits per heavy atom. The van der Waals surface area contributed by atoms with Gasteiger partial charge in [0.2, 0.25) is 0 Å². The number of benzene rings is 1. The summed E-state index contributed by atoms with van der Waals surface area (Å²) in [6.45, 7) is 9.81. The van der Waals surface area contributed by atoms with Crippen molar-refractivity contribution < 1.29 is 9.13 Å². The lowest BCUT2D eigenvalue weighted by molar-refractivity contribution is 0.0476. The van der Waals surface area contributed by atoms with E-state index in [9.17, 15) is 4.39 Å². The van der Waals surface area contributed by atoms with Crippen LogP contribution in [0.25, 0.3) is 0 Å². The number of ether oxygens (including phenoxy) is 1. The Hall–Kier alpha value is -0.930. The lowest BCUT2D eigenvalue weighted by Gasteiger charge is -2.30. The van der Waals surface area contributed by atoms with Crippen molar-refractivity contribution in [2.75, 3.05) is 6.54 Å². The molecule has 1 saturated heterocycles. The first-order chi connectivity index (χ1) is 10.0. The van der Waals surface area contributed by atoms with Gasteiger partial charge >= 0.3 is 0 Å². The molecular weight excluding hydrogens is 265 g/mol. The average Bonchev–Trinajstić information content (AvgIpc) is 2.71. The minimum atomic E-state index is -0.170. The third-order valence-electron chi connectivity index (χ3n) is 4.81. The van der Waals surface area contributed by atoms with E-state index in [1.165, 1.54) is 5.56 Å². The highest BCUT2D eigenvalue weighted by Crippen LogP contribution is 2.35. The van der Waals surface area contributed by atoms with Crippen LogP contribution in [0, 0.1) is 17.7 Å². The van der Waals surface area contributed by atoms with Crippen LogP contribution in [-0.2, 0) is 11.2 Å². The van der Waals surface area contributed by atoms with E-state index < -0.39 is 0 Å². The van der Waals surface area contributed by atoms with Gasteiger partial charge in [0.25, 0.3) is 0 Å². The van der Waals surface area contributed by atoms with Gasteiger partial charge in [0, 0.05) is 12.0 Å². The molecule has 118 valence electrons. The zero-order valence-corrected chi connectivity index (χ0v) is 13.6. The Morgan fingerprint density at radius 1 is 1.14 bits per heavy atom. The number of hydrogen-bond donors (Lipinski definition) is 1. The molecule has 1 aliphatic rings. The predicted octanol–water partition coefficient (Wildman–Crippen LogP) is 3.80. The molecule has 1 fully saturated rings. The van der Waals surface area contributed by atoms with Crippen molar-refractivity contribution in [3.63, 3.8) is 0 Å². The molecular formula is C18H28FNO. The maximum absolute atomic E-state index is 13.1. The maximum atomic E-state index is 13.1. The third-order valence-corrected chi connectivity index (χ3v) is 4.81. The van der Waals surface area contributed by atoms with Gasteiger partial charge in [-0.25, -0.2) is 4.39 Å². The molecule has 1 aliphatic heterocycles. The Labute approximate surface area is 128 Å². The van der Waals surface area contributed by atoms with Gasteiger partial charge in [-0.3, -0.25) is 0 Å². The lowest BCUT2D eigenvalue weighted by Crippen LogP contribution is -2.43. The van der Waals surface area contributed by atoms with Crippen molar-refractivity contribution in [3.8, 4) is 0 Å². The van der Waals surface area contributed by atoms with E-state index in [0.29, 0.717) is 24.0 Å². The van der Waals surface area contributed by atoms with Crippen molar-refractivity contribution in [1.29, 1.82) is 0 Å². The summed E-state index contributed by atoms with van der Waals surface area (Å²) in [5.41, 5.74) is 1.18. The first-order valence-electron chi connectivity index (χ1n) is 8.16. The topological polar surface area (TPSA) is 21.3 Å². The van der Waals surface area contributed by atoms with Gasteiger partial charge in [-0.15, -0.1) is 0 Å². The summed E-state index contributed by atoms with van der Waals surface area (Å²) < 4.78 is 19.1. The molecule has 0 aliphatic carbocycles. The molecule has 1 aromatic carbocycles. The number of hydrogen-bond acceptors (Lipinski definition) is 2. The first-order valence-corrected chi connectivity index (χ1v) is 8.16. The lowest BCUT2D eigenvalue weighted by atomic mass is 9.81. The van der Waals surface area contributed by atoms with E-state index in [-0.39, 0.29) is 11.9 Å². The standard InChI is InChI=1S/C18H28FNO/c1-5-10-20-17(11-15-6-8-16(19)9-7-15)18-12(2)13(3)21-14(18)4/h6-9,12-14,17-18,20H,5,10-11H2,1-4H3. The summed E-state index contributed by atoms with van der Waals surface area (Å²) >= 11 is 0. The fraction of sp³-hybridized carbons (Fsp3) is 0.667. The van der Waals surface area contributed by atoms with Crippen molar-refractivity contribution in [2.45, 2.75) is 58.8 Å². The van der Waals surface area contributed by atoms with E-state index in [1.54, 1.807) is 12.1 Å². The van der Waals surface area contributed by atoms with Gasteiger partial charge in [0.15, 0.2) is 0 Å². The van der Waals surface area contributed by atoms with Gasteiger partial charge in [0.1, 0.15) is 5.82 Å². The van der Waals surface area contributed by atoms with Gasteiger partial charge in [0.05, 0.1) is 12.2 Å². The van der Waals surface area contributed by atoms with Crippen molar-refractivity contribution in [3.05, 3.63) is 35.6 Å². The monoisotopic (exact) mass is 293 g/mol. The summed E-state index contributed by atoms with van der Waals surface area (Å²) in [5, 5.41) is 3.68. The quantitative estimate of drug-likeness (QED) is 0.861. The van der Waals surface area contributed by atoms with Crippen LogP contribution < -0.4 is 5.32 Å². The Balaban J connectivity index is 2.12. The second-order valence-corrected chi connectivity index (χ2v) is 6.37. The average molecular weight is 293 g/mol. The molecule has 2 nitrogen and oxygen atoms in total. The minimum Gasteiger partial charge on any atom is -0.375 e. The Morgan fingerprint density at radius 3 is 2.33 bits per heavy atom. The Kier molecular flexibility index (Phi) is 5.77. The van der Waals surface area contributed by atoms with Crippen LogP contribution >= 0.6 is 0 Å². The van der Waals surface area contributed by atoms with Crippen molar-refractivity contribution in [2.24, 2.45) is 11.8 Å². The smallest absolute Gasteiger partial charge is 0.123 e. The second-order valence-electron chi connectivity index (χ2n) is 6.37. The summed E-state index contributed by atoms with van der Waals surface area (Å²) in [7, 11) is 0. The molecule has 0 spiro atoms. The third kappa shape index (κ3) is 4.04. The number of rotatable bonds is 6. The first kappa shape index (κ1) is 16.4. The highest BCUT2D eigenvalue weighted by Gasteiger charge is 2.41. The molecule has 0 aromatic heterocycles. The van der Waals surface area contributed by atoms with Crippen molar-refractivity contribution in [1.82, 2.24) is 5.32 Å². The zero-order valence-electron chi connectivity index (χ0n) is 13.6. The second kappa shape index (κ2) is 7.37. The molecule has 1 aromatic rings. The summed E-state index contributed by atoms with van der Waals surface area (Å²) in [6, 6.07) is 7.26. The van der Waals surface area contributed by atoms with Crippen molar-refractivity contribution >= 4 is 0 Å². The van der Waals surface area contributed by atoms with Gasteiger partial charge < -0.3 is 10.1 Å². The molecule has 5 atom stereocenters. The van der Waals surface area contributed by atoms with Crippen LogP contribution in [0.15, 0.2) is 24.3 Å². The van der Waals surface area contributed by atoms with Gasteiger partial charge in [-0.1, -0.05) is 26.0 Å². The molecule has 1 N–H and O–H groups in total. The van der Waals surface area contributed by atoms with E-state index in [0.717, 1.165) is 19.4 Å². The molecule has 2 rings (SSSR count). The van der Waals surface area contributed by atoms with Crippen LogP contribution in [0.3, 0.4) is 0 Å². The minimum absolute atomic E-state index is 0.170. The van der Waals surface area contributed by atoms with E-state index in [4.69, 9.17) is 4.74 Å². The van der Waals surface area contributed by atoms with Gasteiger partial charge in [-0.2, -0.15) is 0 Å². The normalized spacial score (nSPS) is 30.5. The molecule has 3 heteroatoms. The number of halogens is 1. The molecule has 0 saturated carbocycles. The van der Waals surface area contributed by atoms with Crippen LogP contribution in [-0.4, -0.2) is 24.8 Å². The summed E-state index contributed by atoms with van der Waals surface area (Å²) in [4.78, 5) is 0. The molecule has 21 heavy (non-hydrogen) atoms. The fourth-order valence-corrected chi connectivity index (χ4v) is 3.54. The SMILES string of the molecule is CCCNC(Cc1ccc(F)cc1)C1C(C)OC(C)C1C. The predicted molar refractivity (Wildman–Crippen MR) is 84.8 cm³/mol. The highest BCUT2D eigenvalue weighted by atomic mass is 19.1. The Bertz CT molecular complexity index is 433. The van der Waals surface area contributed by atoms with Crippen LogP contribution in [0.5, 0.6) is 0 Å². The maximum Gasteiger partial charge on any atom is 0.123 e. The van der Waals surface area contributed by atoms with Crippen LogP contribution in [0.4, 0.5) is 4.39 Å². The highest BCUT2D eigenvalue weighted by molar-refractivity contribution is 5.18. The van der Waals surface area contributed by atoms with E-state index in [2.05, 4.69) is 33.0 Å². The fourth-order valence-electron chi connectivity index (χ4n) is 3.54.